The van der Waals surface area contributed by atoms with E-state index in [4.69, 9.17) is 14.6 Å². The summed E-state index contributed by atoms with van der Waals surface area (Å²) >= 11 is 1.57. The molecule has 0 aliphatic carbocycles. The van der Waals surface area contributed by atoms with Crippen LogP contribution in [0.25, 0.3) is 0 Å². The standard InChI is InChI=1S/C21H21F3O4S/c1-3-15(11-27-17-6-4-16(5-7-17)21(22,23)24)13-29-18-8-9-19(14(2)10-18)28-12-20(25)26/h3-10,15H,1,11-13H2,2H3,(H,25,26). The van der Waals surface area contributed by atoms with Crippen molar-refractivity contribution in [3.05, 3.63) is 66.2 Å². The highest BCUT2D eigenvalue weighted by atomic mass is 32.2. The van der Waals surface area contributed by atoms with Gasteiger partial charge in [0.1, 0.15) is 11.5 Å². The lowest BCUT2D eigenvalue weighted by Crippen LogP contribution is -2.12. The lowest BCUT2D eigenvalue weighted by atomic mass is 10.2. The number of carbonyl (C=O) groups is 1. The maximum Gasteiger partial charge on any atom is 0.416 e. The smallest absolute Gasteiger partial charge is 0.416 e. The molecule has 1 N–H and O–H groups in total. The molecule has 2 aromatic rings. The summed E-state index contributed by atoms with van der Waals surface area (Å²) in [7, 11) is 0. The second-order valence-electron chi connectivity index (χ2n) is 6.25. The highest BCUT2D eigenvalue weighted by Crippen LogP contribution is 2.31. The van der Waals surface area contributed by atoms with Crippen molar-refractivity contribution >= 4 is 17.7 Å². The Bertz CT molecular complexity index is 835. The Labute approximate surface area is 171 Å². The minimum atomic E-state index is -4.37. The fraction of sp³-hybridized carbons (Fsp3) is 0.286. The second kappa shape index (κ2) is 10.2. The molecule has 156 valence electrons. The summed E-state index contributed by atoms with van der Waals surface area (Å²) in [5, 5.41) is 8.67. The number of aliphatic carboxylic acids is 1. The first-order chi connectivity index (χ1) is 13.7. The van der Waals surface area contributed by atoms with Crippen molar-refractivity contribution in [1.29, 1.82) is 0 Å². The fourth-order valence-corrected chi connectivity index (χ4v) is 3.41. The van der Waals surface area contributed by atoms with Crippen molar-refractivity contribution in [2.24, 2.45) is 5.92 Å². The van der Waals surface area contributed by atoms with Gasteiger partial charge in [-0.15, -0.1) is 18.3 Å². The van der Waals surface area contributed by atoms with Gasteiger partial charge in [-0.25, -0.2) is 4.79 Å². The van der Waals surface area contributed by atoms with Gasteiger partial charge in [-0.05, 0) is 55.0 Å². The van der Waals surface area contributed by atoms with Crippen LogP contribution in [0.4, 0.5) is 13.2 Å². The largest absolute Gasteiger partial charge is 0.493 e. The van der Waals surface area contributed by atoms with Crippen molar-refractivity contribution in [3.63, 3.8) is 0 Å². The van der Waals surface area contributed by atoms with Gasteiger partial charge in [0.15, 0.2) is 6.61 Å². The van der Waals surface area contributed by atoms with Crippen molar-refractivity contribution in [2.75, 3.05) is 19.0 Å². The van der Waals surface area contributed by atoms with Crippen LogP contribution < -0.4 is 9.47 Å². The Morgan fingerprint density at radius 1 is 1.21 bits per heavy atom. The molecular formula is C21H21F3O4S. The fourth-order valence-electron chi connectivity index (χ4n) is 2.34. The molecule has 8 heteroatoms. The lowest BCUT2D eigenvalue weighted by molar-refractivity contribution is -0.139. The number of aryl methyl sites for hydroxylation is 1. The normalized spacial score (nSPS) is 12.3. The van der Waals surface area contributed by atoms with E-state index >= 15 is 0 Å². The highest BCUT2D eigenvalue weighted by Gasteiger charge is 2.30. The average Bonchev–Trinajstić information content (AvgIpc) is 2.67. The number of hydrogen-bond acceptors (Lipinski definition) is 4. The molecule has 0 heterocycles. The van der Waals surface area contributed by atoms with E-state index in [1.54, 1.807) is 23.9 Å². The first-order valence-electron chi connectivity index (χ1n) is 8.69. The Morgan fingerprint density at radius 2 is 1.90 bits per heavy atom. The molecule has 1 unspecified atom stereocenters. The zero-order valence-electron chi connectivity index (χ0n) is 15.7. The van der Waals surface area contributed by atoms with Crippen LogP contribution >= 0.6 is 11.8 Å². The van der Waals surface area contributed by atoms with E-state index in [0.29, 0.717) is 23.9 Å². The molecule has 0 radical (unpaired) electrons. The van der Waals surface area contributed by atoms with Gasteiger partial charge in [-0.2, -0.15) is 13.2 Å². The molecular weight excluding hydrogens is 405 g/mol. The Hall–Kier alpha value is -2.61. The molecule has 0 aromatic heterocycles. The zero-order chi connectivity index (χ0) is 21.4. The summed E-state index contributed by atoms with van der Waals surface area (Å²) < 4.78 is 48.6. The second-order valence-corrected chi connectivity index (χ2v) is 7.34. The summed E-state index contributed by atoms with van der Waals surface area (Å²) in [6.45, 7) is 5.52. The number of carboxylic acid groups (broad SMARTS) is 1. The molecule has 4 nitrogen and oxygen atoms in total. The third kappa shape index (κ3) is 7.38. The van der Waals surface area contributed by atoms with Crippen molar-refractivity contribution < 1.29 is 32.5 Å². The Balaban J connectivity index is 1.86. The third-order valence-electron chi connectivity index (χ3n) is 3.94. The average molecular weight is 426 g/mol. The van der Waals surface area contributed by atoms with Gasteiger partial charge in [-0.1, -0.05) is 6.08 Å². The number of benzene rings is 2. The Morgan fingerprint density at radius 3 is 2.45 bits per heavy atom. The van der Waals surface area contributed by atoms with Crippen molar-refractivity contribution in [3.8, 4) is 11.5 Å². The molecule has 0 spiro atoms. The van der Waals surface area contributed by atoms with Crippen LogP contribution in [0.3, 0.4) is 0 Å². The maximum atomic E-state index is 12.6. The van der Waals surface area contributed by atoms with Crippen molar-refractivity contribution in [2.45, 2.75) is 18.0 Å². The number of alkyl halides is 3. The molecule has 0 saturated heterocycles. The summed E-state index contributed by atoms with van der Waals surface area (Å²) in [6, 6.07) is 10.0. The number of rotatable bonds is 10. The first kappa shape index (κ1) is 22.7. The van der Waals surface area contributed by atoms with Gasteiger partial charge in [0.2, 0.25) is 0 Å². The molecule has 29 heavy (non-hydrogen) atoms. The van der Waals surface area contributed by atoms with Crippen LogP contribution in [0, 0.1) is 12.8 Å². The number of carboxylic acids is 1. The molecule has 0 amide bonds. The third-order valence-corrected chi connectivity index (χ3v) is 5.12. The van der Waals surface area contributed by atoms with E-state index in [-0.39, 0.29) is 5.92 Å². The van der Waals surface area contributed by atoms with Gasteiger partial charge in [0, 0.05) is 16.6 Å². The SMILES string of the molecule is C=CC(COc1ccc(C(F)(F)F)cc1)CSc1ccc(OCC(=O)O)c(C)c1. The quantitative estimate of drug-likeness (QED) is 0.404. The zero-order valence-corrected chi connectivity index (χ0v) is 16.6. The van der Waals surface area contributed by atoms with E-state index < -0.39 is 24.3 Å². The number of thioether (sulfide) groups is 1. The van der Waals surface area contributed by atoms with Gasteiger partial charge in [0.05, 0.1) is 12.2 Å². The Kier molecular flexibility index (Phi) is 8.01. The lowest BCUT2D eigenvalue weighted by Gasteiger charge is -2.15. The van der Waals surface area contributed by atoms with Gasteiger partial charge < -0.3 is 14.6 Å². The van der Waals surface area contributed by atoms with Crippen molar-refractivity contribution in [1.82, 2.24) is 0 Å². The molecule has 0 bridgehead atoms. The van der Waals surface area contributed by atoms with Gasteiger partial charge in [0.25, 0.3) is 0 Å². The predicted octanol–water partition coefficient (Wildman–Crippen LogP) is 5.45. The number of halogens is 3. The summed E-state index contributed by atoms with van der Waals surface area (Å²) in [4.78, 5) is 11.6. The number of ether oxygens (including phenoxy) is 2. The van der Waals surface area contributed by atoms with E-state index in [9.17, 15) is 18.0 Å². The molecule has 1 atom stereocenters. The molecule has 2 aromatic carbocycles. The highest BCUT2D eigenvalue weighted by molar-refractivity contribution is 7.99. The molecule has 0 aliphatic rings. The minimum absolute atomic E-state index is 0.00876. The van der Waals surface area contributed by atoms with Crippen LogP contribution in [-0.2, 0) is 11.0 Å². The molecule has 2 rings (SSSR count). The van der Waals surface area contributed by atoms with Crippen LogP contribution in [0.2, 0.25) is 0 Å². The topological polar surface area (TPSA) is 55.8 Å². The maximum absolute atomic E-state index is 12.6. The molecule has 0 saturated carbocycles. The van der Waals surface area contributed by atoms with E-state index in [1.165, 1.54) is 12.1 Å². The van der Waals surface area contributed by atoms with Gasteiger partial charge >= 0.3 is 12.1 Å². The molecule has 0 fully saturated rings. The van der Waals surface area contributed by atoms with Gasteiger partial charge in [-0.3, -0.25) is 0 Å². The summed E-state index contributed by atoms with van der Waals surface area (Å²) in [6.07, 6.45) is -2.63. The summed E-state index contributed by atoms with van der Waals surface area (Å²) in [5.41, 5.74) is 0.110. The monoisotopic (exact) mass is 426 g/mol. The minimum Gasteiger partial charge on any atom is -0.493 e. The molecule has 0 aliphatic heterocycles. The van der Waals surface area contributed by atoms with Crippen LogP contribution in [0.1, 0.15) is 11.1 Å². The van der Waals surface area contributed by atoms with Crippen LogP contribution in [-0.4, -0.2) is 30.0 Å². The van der Waals surface area contributed by atoms with Crippen LogP contribution in [0.15, 0.2) is 60.0 Å². The van der Waals surface area contributed by atoms with Crippen LogP contribution in [0.5, 0.6) is 11.5 Å². The van der Waals surface area contributed by atoms with E-state index in [2.05, 4.69) is 6.58 Å². The number of hydrogen-bond donors (Lipinski definition) is 1. The predicted molar refractivity (Wildman–Crippen MR) is 106 cm³/mol. The van der Waals surface area contributed by atoms with E-state index in [0.717, 1.165) is 22.6 Å². The van der Waals surface area contributed by atoms with E-state index in [1.807, 2.05) is 19.1 Å². The first-order valence-corrected chi connectivity index (χ1v) is 9.68. The summed E-state index contributed by atoms with van der Waals surface area (Å²) in [5.74, 6) is 0.502.